The van der Waals surface area contributed by atoms with Gasteiger partial charge in [0.2, 0.25) is 0 Å². The summed E-state index contributed by atoms with van der Waals surface area (Å²) in [4.78, 5) is 0. The van der Waals surface area contributed by atoms with Crippen molar-refractivity contribution in [1.29, 1.82) is 0 Å². The van der Waals surface area contributed by atoms with Crippen molar-refractivity contribution in [1.82, 2.24) is 0 Å². The van der Waals surface area contributed by atoms with Gasteiger partial charge < -0.3 is 14.9 Å². The van der Waals surface area contributed by atoms with E-state index in [0.717, 1.165) is 16.0 Å². The first-order valence-electron chi connectivity index (χ1n) is 5.37. The Hall–Kier alpha value is -1.26. The highest BCUT2D eigenvalue weighted by Gasteiger charge is 2.15. The maximum absolute atomic E-state index is 5.83. The van der Waals surface area contributed by atoms with Crippen molar-refractivity contribution in [2.24, 2.45) is 5.73 Å². The minimum atomic E-state index is -0.260. The zero-order chi connectivity index (χ0) is 12.3. The second kappa shape index (κ2) is 5.38. The van der Waals surface area contributed by atoms with E-state index in [1.54, 1.807) is 6.26 Å². The fourth-order valence-electron chi connectivity index (χ4n) is 1.55. The number of hydrogen-bond donors (Lipinski definition) is 1. The van der Waals surface area contributed by atoms with E-state index in [9.17, 15) is 0 Å². The highest BCUT2D eigenvalue weighted by atomic mass is 79.9. The second-order valence-corrected chi connectivity index (χ2v) is 4.65. The van der Waals surface area contributed by atoms with E-state index in [1.165, 1.54) is 5.56 Å². The molecule has 2 N–H and O–H groups in total. The molecule has 1 heterocycles. The molecular formula is C13H14BrNO2. The molecule has 4 heteroatoms. The minimum Gasteiger partial charge on any atom is -0.480 e. The molecule has 0 radical (unpaired) electrons. The van der Waals surface area contributed by atoms with Gasteiger partial charge in [-0.3, -0.25) is 0 Å². The molecule has 2 rings (SSSR count). The largest absolute Gasteiger partial charge is 0.480 e. The zero-order valence-corrected chi connectivity index (χ0v) is 11.1. The first-order chi connectivity index (χ1) is 8.20. The third-order valence-corrected chi connectivity index (χ3v) is 3.05. The van der Waals surface area contributed by atoms with Gasteiger partial charge in [0.1, 0.15) is 11.5 Å². The van der Waals surface area contributed by atoms with Crippen LogP contribution in [0.3, 0.4) is 0 Å². The Kier molecular flexibility index (Phi) is 3.86. The Morgan fingerprint density at radius 2 is 2.24 bits per heavy atom. The molecule has 0 bridgehead atoms. The fourth-order valence-corrected chi connectivity index (χ4v) is 2.14. The van der Waals surface area contributed by atoms with Crippen LogP contribution in [0.5, 0.6) is 5.75 Å². The standard InChI is InChI=1S/C13H14BrNO2/c1-9-4-5-11(10(14)7-9)17-13(8-15)12-3-2-6-16-12/h2-7,13H,8,15H2,1H3. The number of rotatable bonds is 4. The van der Waals surface area contributed by atoms with Gasteiger partial charge in [-0.2, -0.15) is 0 Å². The van der Waals surface area contributed by atoms with Crippen LogP contribution in [0.25, 0.3) is 0 Å². The Morgan fingerprint density at radius 3 is 2.82 bits per heavy atom. The Balaban J connectivity index is 2.19. The van der Waals surface area contributed by atoms with E-state index in [-0.39, 0.29) is 6.10 Å². The molecule has 90 valence electrons. The maximum Gasteiger partial charge on any atom is 0.168 e. The highest BCUT2D eigenvalue weighted by molar-refractivity contribution is 9.10. The SMILES string of the molecule is Cc1ccc(OC(CN)c2ccco2)c(Br)c1. The molecule has 1 aromatic carbocycles. The van der Waals surface area contributed by atoms with Crippen LogP contribution in [0.2, 0.25) is 0 Å². The van der Waals surface area contributed by atoms with Gasteiger partial charge in [0.25, 0.3) is 0 Å². The highest BCUT2D eigenvalue weighted by Crippen LogP contribution is 2.30. The van der Waals surface area contributed by atoms with Gasteiger partial charge in [0.05, 0.1) is 10.7 Å². The third kappa shape index (κ3) is 2.90. The van der Waals surface area contributed by atoms with Crippen molar-refractivity contribution in [3.63, 3.8) is 0 Å². The molecule has 0 saturated carbocycles. The minimum absolute atomic E-state index is 0.260. The normalized spacial score (nSPS) is 12.4. The molecule has 0 aliphatic rings. The molecular weight excluding hydrogens is 282 g/mol. The molecule has 17 heavy (non-hydrogen) atoms. The van der Waals surface area contributed by atoms with Crippen molar-refractivity contribution < 1.29 is 9.15 Å². The van der Waals surface area contributed by atoms with E-state index in [4.69, 9.17) is 14.9 Å². The average Bonchev–Trinajstić information content (AvgIpc) is 2.81. The summed E-state index contributed by atoms with van der Waals surface area (Å²) in [5.41, 5.74) is 6.86. The van der Waals surface area contributed by atoms with Crippen molar-refractivity contribution in [2.75, 3.05) is 6.54 Å². The van der Waals surface area contributed by atoms with Crippen molar-refractivity contribution in [2.45, 2.75) is 13.0 Å². The summed E-state index contributed by atoms with van der Waals surface area (Å²) in [7, 11) is 0. The van der Waals surface area contributed by atoms with Crippen molar-refractivity contribution >= 4 is 15.9 Å². The second-order valence-electron chi connectivity index (χ2n) is 3.79. The number of halogens is 1. The van der Waals surface area contributed by atoms with Crippen LogP contribution in [0, 0.1) is 6.92 Å². The molecule has 0 saturated heterocycles. The van der Waals surface area contributed by atoms with Gasteiger partial charge >= 0.3 is 0 Å². The van der Waals surface area contributed by atoms with Gasteiger partial charge in [-0.25, -0.2) is 0 Å². The van der Waals surface area contributed by atoms with Gasteiger partial charge in [-0.05, 0) is 52.7 Å². The topological polar surface area (TPSA) is 48.4 Å². The van der Waals surface area contributed by atoms with E-state index >= 15 is 0 Å². The number of aryl methyl sites for hydroxylation is 1. The molecule has 2 aromatic rings. The molecule has 0 amide bonds. The van der Waals surface area contributed by atoms with Gasteiger partial charge in [0.15, 0.2) is 6.10 Å². The zero-order valence-electron chi connectivity index (χ0n) is 9.52. The molecule has 0 aliphatic heterocycles. The monoisotopic (exact) mass is 295 g/mol. The molecule has 1 unspecified atom stereocenters. The van der Waals surface area contributed by atoms with Crippen LogP contribution in [0.15, 0.2) is 45.5 Å². The number of benzene rings is 1. The summed E-state index contributed by atoms with van der Waals surface area (Å²) in [6.45, 7) is 2.40. The van der Waals surface area contributed by atoms with Crippen LogP contribution in [0.1, 0.15) is 17.4 Å². The number of ether oxygens (including phenoxy) is 1. The summed E-state index contributed by atoms with van der Waals surface area (Å²) in [6, 6.07) is 9.61. The predicted octanol–water partition coefficient (Wildman–Crippen LogP) is 3.43. The summed E-state index contributed by atoms with van der Waals surface area (Å²) in [5, 5.41) is 0. The lowest BCUT2D eigenvalue weighted by atomic mass is 10.2. The van der Waals surface area contributed by atoms with Gasteiger partial charge in [0, 0.05) is 6.54 Å². The van der Waals surface area contributed by atoms with E-state index < -0.39 is 0 Å². The van der Waals surface area contributed by atoms with Gasteiger partial charge in [-0.15, -0.1) is 0 Å². The average molecular weight is 296 g/mol. The van der Waals surface area contributed by atoms with Crippen LogP contribution in [0.4, 0.5) is 0 Å². The number of nitrogens with two attached hydrogens (primary N) is 1. The Labute approximate surface area is 109 Å². The fraction of sp³-hybridized carbons (Fsp3) is 0.231. The lowest BCUT2D eigenvalue weighted by Gasteiger charge is -2.16. The third-order valence-electron chi connectivity index (χ3n) is 2.43. The quantitative estimate of drug-likeness (QED) is 0.940. The number of hydrogen-bond acceptors (Lipinski definition) is 3. The lowest BCUT2D eigenvalue weighted by molar-refractivity contribution is 0.183. The summed E-state index contributed by atoms with van der Waals surface area (Å²) in [5.74, 6) is 1.50. The molecule has 0 aliphatic carbocycles. The Morgan fingerprint density at radius 1 is 1.41 bits per heavy atom. The summed E-state index contributed by atoms with van der Waals surface area (Å²) in [6.07, 6.45) is 1.36. The molecule has 1 atom stereocenters. The van der Waals surface area contributed by atoms with Crippen LogP contribution in [-0.4, -0.2) is 6.54 Å². The van der Waals surface area contributed by atoms with Crippen LogP contribution < -0.4 is 10.5 Å². The lowest BCUT2D eigenvalue weighted by Crippen LogP contribution is -2.18. The smallest absolute Gasteiger partial charge is 0.168 e. The van der Waals surface area contributed by atoms with Crippen LogP contribution >= 0.6 is 15.9 Å². The maximum atomic E-state index is 5.83. The Bertz CT molecular complexity index is 482. The van der Waals surface area contributed by atoms with Crippen molar-refractivity contribution in [3.05, 3.63) is 52.4 Å². The molecule has 0 spiro atoms. The first-order valence-corrected chi connectivity index (χ1v) is 6.16. The summed E-state index contributed by atoms with van der Waals surface area (Å²) >= 11 is 3.47. The molecule has 1 aromatic heterocycles. The van der Waals surface area contributed by atoms with E-state index in [2.05, 4.69) is 15.9 Å². The first kappa shape index (κ1) is 12.2. The van der Waals surface area contributed by atoms with Gasteiger partial charge in [-0.1, -0.05) is 6.07 Å². The van der Waals surface area contributed by atoms with Crippen molar-refractivity contribution in [3.8, 4) is 5.75 Å². The van der Waals surface area contributed by atoms with E-state index in [1.807, 2.05) is 37.3 Å². The molecule has 0 fully saturated rings. The predicted molar refractivity (Wildman–Crippen MR) is 70.0 cm³/mol. The molecule has 3 nitrogen and oxygen atoms in total. The van der Waals surface area contributed by atoms with E-state index in [0.29, 0.717) is 6.54 Å². The van der Waals surface area contributed by atoms with Crippen LogP contribution in [-0.2, 0) is 0 Å². The number of furan rings is 1. The summed E-state index contributed by atoms with van der Waals surface area (Å²) < 4.78 is 12.0.